The van der Waals surface area contributed by atoms with Crippen LogP contribution in [-0.4, -0.2) is 24.8 Å². The number of ketones is 1. The summed E-state index contributed by atoms with van der Waals surface area (Å²) in [6, 6.07) is 0. The molecular weight excluding hydrogens is 204 g/mol. The molecule has 3 nitrogen and oxygen atoms in total. The highest BCUT2D eigenvalue weighted by Crippen LogP contribution is 2.37. The Bertz CT molecular complexity index is 246. The molecule has 92 valence electrons. The SMILES string of the molecule is CC1(C)COC2(CCCC(=O)CCC2)OC1. The van der Waals surface area contributed by atoms with Gasteiger partial charge in [-0.05, 0) is 12.8 Å². The summed E-state index contributed by atoms with van der Waals surface area (Å²) in [4.78, 5) is 11.3. The number of hydrogen-bond acceptors (Lipinski definition) is 3. The predicted octanol–water partition coefficient (Wildman–Crippen LogP) is 2.68. The van der Waals surface area contributed by atoms with E-state index in [0.717, 1.165) is 38.9 Å². The maximum Gasteiger partial charge on any atom is 0.168 e. The van der Waals surface area contributed by atoms with E-state index in [1.165, 1.54) is 0 Å². The van der Waals surface area contributed by atoms with Gasteiger partial charge in [0.15, 0.2) is 5.79 Å². The predicted molar refractivity (Wildman–Crippen MR) is 61.1 cm³/mol. The van der Waals surface area contributed by atoms with Crippen LogP contribution in [0.1, 0.15) is 52.4 Å². The highest BCUT2D eigenvalue weighted by Gasteiger charge is 2.40. The smallest absolute Gasteiger partial charge is 0.168 e. The van der Waals surface area contributed by atoms with Crippen LogP contribution < -0.4 is 0 Å². The first kappa shape index (κ1) is 12.1. The molecule has 0 amide bonds. The van der Waals surface area contributed by atoms with Crippen LogP contribution in [0.15, 0.2) is 0 Å². The lowest BCUT2D eigenvalue weighted by atomic mass is 9.90. The standard InChI is InChI=1S/C13H22O3/c1-12(2)9-15-13(16-10-12)7-3-5-11(14)6-4-8-13/h3-10H2,1-2H3. The Morgan fingerprint density at radius 2 is 1.50 bits per heavy atom. The molecule has 0 aromatic carbocycles. The summed E-state index contributed by atoms with van der Waals surface area (Å²) in [6.45, 7) is 5.85. The van der Waals surface area contributed by atoms with Gasteiger partial charge in [-0.1, -0.05) is 13.8 Å². The molecule has 1 aliphatic carbocycles. The lowest BCUT2D eigenvalue weighted by Gasteiger charge is -2.44. The van der Waals surface area contributed by atoms with Gasteiger partial charge in [-0.25, -0.2) is 0 Å². The number of carbonyl (C=O) groups excluding carboxylic acids is 1. The maximum atomic E-state index is 11.3. The molecule has 2 rings (SSSR count). The van der Waals surface area contributed by atoms with Crippen molar-refractivity contribution in [3.8, 4) is 0 Å². The average Bonchev–Trinajstić information content (AvgIpc) is 2.20. The molecule has 0 radical (unpaired) electrons. The van der Waals surface area contributed by atoms with E-state index in [1.54, 1.807) is 0 Å². The quantitative estimate of drug-likeness (QED) is 0.637. The second kappa shape index (κ2) is 4.46. The highest BCUT2D eigenvalue weighted by atomic mass is 16.7. The van der Waals surface area contributed by atoms with Crippen molar-refractivity contribution in [2.75, 3.05) is 13.2 Å². The lowest BCUT2D eigenvalue weighted by molar-refractivity contribution is -0.305. The molecule has 0 aromatic rings. The molecule has 0 atom stereocenters. The Kier molecular flexibility index (Phi) is 3.36. The van der Waals surface area contributed by atoms with Crippen LogP contribution in [0.2, 0.25) is 0 Å². The second-order valence-corrected chi connectivity index (χ2v) is 5.90. The fourth-order valence-corrected chi connectivity index (χ4v) is 2.39. The maximum absolute atomic E-state index is 11.3. The first-order valence-corrected chi connectivity index (χ1v) is 6.31. The number of ether oxygens (including phenoxy) is 2. The molecule has 1 aliphatic heterocycles. The molecule has 0 unspecified atom stereocenters. The van der Waals surface area contributed by atoms with Gasteiger partial charge in [0.25, 0.3) is 0 Å². The summed E-state index contributed by atoms with van der Waals surface area (Å²) in [7, 11) is 0. The normalized spacial score (nSPS) is 29.8. The molecule has 16 heavy (non-hydrogen) atoms. The van der Waals surface area contributed by atoms with Crippen LogP contribution in [0.3, 0.4) is 0 Å². The zero-order chi connectivity index (χ0) is 11.6. The van der Waals surface area contributed by atoms with Crippen LogP contribution in [0, 0.1) is 5.41 Å². The summed E-state index contributed by atoms with van der Waals surface area (Å²) < 4.78 is 11.9. The lowest BCUT2D eigenvalue weighted by Crippen LogP contribution is -2.48. The van der Waals surface area contributed by atoms with E-state index in [2.05, 4.69) is 13.8 Å². The van der Waals surface area contributed by atoms with Crippen LogP contribution in [-0.2, 0) is 14.3 Å². The minimum atomic E-state index is -0.379. The number of rotatable bonds is 0. The molecule has 1 saturated carbocycles. The highest BCUT2D eigenvalue weighted by molar-refractivity contribution is 5.78. The summed E-state index contributed by atoms with van der Waals surface area (Å²) in [5.74, 6) is 0.0157. The first-order chi connectivity index (χ1) is 7.52. The molecule has 0 aromatic heterocycles. The van der Waals surface area contributed by atoms with Crippen molar-refractivity contribution in [2.24, 2.45) is 5.41 Å². The van der Waals surface area contributed by atoms with E-state index < -0.39 is 0 Å². The van der Waals surface area contributed by atoms with Gasteiger partial charge in [-0.15, -0.1) is 0 Å². The summed E-state index contributed by atoms with van der Waals surface area (Å²) in [5.41, 5.74) is 0.128. The van der Waals surface area contributed by atoms with E-state index in [4.69, 9.17) is 9.47 Å². The minimum absolute atomic E-state index is 0.128. The van der Waals surface area contributed by atoms with Gasteiger partial charge in [-0.2, -0.15) is 0 Å². The van der Waals surface area contributed by atoms with E-state index in [1.807, 2.05) is 0 Å². The number of hydrogen-bond donors (Lipinski definition) is 0. The molecular formula is C13H22O3. The fourth-order valence-electron chi connectivity index (χ4n) is 2.39. The summed E-state index contributed by atoms with van der Waals surface area (Å²) in [6.07, 6.45) is 4.93. The van der Waals surface area contributed by atoms with Gasteiger partial charge < -0.3 is 9.47 Å². The van der Waals surface area contributed by atoms with Crippen LogP contribution in [0.5, 0.6) is 0 Å². The van der Waals surface area contributed by atoms with E-state index in [-0.39, 0.29) is 11.2 Å². The van der Waals surface area contributed by atoms with Gasteiger partial charge in [0.1, 0.15) is 5.78 Å². The summed E-state index contributed by atoms with van der Waals surface area (Å²) >= 11 is 0. The number of carbonyl (C=O) groups is 1. The van der Waals surface area contributed by atoms with Crippen molar-refractivity contribution in [3.05, 3.63) is 0 Å². The van der Waals surface area contributed by atoms with E-state index in [0.29, 0.717) is 18.6 Å². The van der Waals surface area contributed by atoms with Crippen LogP contribution in [0.25, 0.3) is 0 Å². The summed E-state index contributed by atoms with van der Waals surface area (Å²) in [5, 5.41) is 0. The molecule has 1 heterocycles. The third kappa shape index (κ3) is 2.83. The van der Waals surface area contributed by atoms with Crippen LogP contribution >= 0.6 is 0 Å². The minimum Gasteiger partial charge on any atom is -0.349 e. The fraction of sp³-hybridized carbons (Fsp3) is 0.923. The van der Waals surface area contributed by atoms with Crippen molar-refractivity contribution in [3.63, 3.8) is 0 Å². The molecule has 1 saturated heterocycles. The van der Waals surface area contributed by atoms with Crippen molar-refractivity contribution < 1.29 is 14.3 Å². The van der Waals surface area contributed by atoms with E-state index in [9.17, 15) is 4.79 Å². The Labute approximate surface area is 97.5 Å². The largest absolute Gasteiger partial charge is 0.349 e. The molecule has 1 spiro atoms. The van der Waals surface area contributed by atoms with Crippen molar-refractivity contribution in [1.29, 1.82) is 0 Å². The number of Topliss-reactive ketones (excluding diaryl/α,β-unsaturated/α-hetero) is 1. The van der Waals surface area contributed by atoms with Gasteiger partial charge in [0.2, 0.25) is 0 Å². The zero-order valence-corrected chi connectivity index (χ0v) is 10.4. The molecule has 2 fully saturated rings. The molecule has 0 bridgehead atoms. The molecule has 0 N–H and O–H groups in total. The first-order valence-electron chi connectivity index (χ1n) is 6.31. The Hall–Kier alpha value is -0.410. The van der Waals surface area contributed by atoms with Gasteiger partial charge in [0, 0.05) is 31.1 Å². The average molecular weight is 226 g/mol. The zero-order valence-electron chi connectivity index (χ0n) is 10.4. The third-order valence-corrected chi connectivity index (χ3v) is 3.48. The molecule has 2 aliphatic rings. The van der Waals surface area contributed by atoms with Crippen LogP contribution in [0.4, 0.5) is 0 Å². The van der Waals surface area contributed by atoms with Gasteiger partial charge in [-0.3, -0.25) is 4.79 Å². The van der Waals surface area contributed by atoms with Crippen molar-refractivity contribution in [1.82, 2.24) is 0 Å². The monoisotopic (exact) mass is 226 g/mol. The topological polar surface area (TPSA) is 35.5 Å². The van der Waals surface area contributed by atoms with Crippen molar-refractivity contribution in [2.45, 2.75) is 58.2 Å². The van der Waals surface area contributed by atoms with Gasteiger partial charge >= 0.3 is 0 Å². The van der Waals surface area contributed by atoms with E-state index >= 15 is 0 Å². The Morgan fingerprint density at radius 3 is 2.00 bits per heavy atom. The Balaban J connectivity index is 1.95. The Morgan fingerprint density at radius 1 is 1.00 bits per heavy atom. The molecule has 3 heteroatoms. The van der Waals surface area contributed by atoms with Crippen molar-refractivity contribution >= 4 is 5.78 Å². The third-order valence-electron chi connectivity index (χ3n) is 3.48. The second-order valence-electron chi connectivity index (χ2n) is 5.90. The van der Waals surface area contributed by atoms with Gasteiger partial charge in [0.05, 0.1) is 13.2 Å².